The summed E-state index contributed by atoms with van der Waals surface area (Å²) in [6, 6.07) is 4.59. The molecule has 1 aromatic carbocycles. The van der Waals surface area contributed by atoms with Gasteiger partial charge in [-0.15, -0.1) is 0 Å². The molecule has 0 radical (unpaired) electrons. The molecule has 0 spiro atoms. The van der Waals surface area contributed by atoms with Gasteiger partial charge < -0.3 is 16.6 Å². The molecule has 0 aliphatic heterocycles. The number of aromatic hydroxyl groups is 1. The van der Waals surface area contributed by atoms with Crippen molar-refractivity contribution in [3.05, 3.63) is 29.6 Å². The van der Waals surface area contributed by atoms with Crippen LogP contribution in [0.3, 0.4) is 0 Å². The summed E-state index contributed by atoms with van der Waals surface area (Å²) < 4.78 is 13.7. The number of aryl methyl sites for hydroxylation is 1. The fourth-order valence-electron chi connectivity index (χ4n) is 1.48. The number of nitrogen functional groups attached to an aromatic ring is 2. The van der Waals surface area contributed by atoms with E-state index in [9.17, 15) is 9.50 Å². The SMILES string of the molecule is Cc1cc(-c2nc(N)nc(N)c2F)ccc1O. The molecular weight excluding hydrogens is 223 g/mol. The van der Waals surface area contributed by atoms with E-state index in [4.69, 9.17) is 11.5 Å². The number of rotatable bonds is 1. The third kappa shape index (κ3) is 1.96. The van der Waals surface area contributed by atoms with Gasteiger partial charge >= 0.3 is 0 Å². The zero-order chi connectivity index (χ0) is 12.6. The zero-order valence-electron chi connectivity index (χ0n) is 9.11. The minimum absolute atomic E-state index is 0.0260. The summed E-state index contributed by atoms with van der Waals surface area (Å²) in [5.74, 6) is -0.976. The van der Waals surface area contributed by atoms with Crippen molar-refractivity contribution in [2.75, 3.05) is 11.5 Å². The molecule has 0 unspecified atom stereocenters. The molecule has 0 bridgehead atoms. The number of hydrogen-bond acceptors (Lipinski definition) is 5. The van der Waals surface area contributed by atoms with E-state index >= 15 is 0 Å². The minimum atomic E-state index is -0.718. The first-order valence-electron chi connectivity index (χ1n) is 4.87. The highest BCUT2D eigenvalue weighted by atomic mass is 19.1. The van der Waals surface area contributed by atoms with Gasteiger partial charge in [-0.2, -0.15) is 4.98 Å². The van der Waals surface area contributed by atoms with Crippen LogP contribution in [0.25, 0.3) is 11.3 Å². The first-order chi connectivity index (χ1) is 7.99. The lowest BCUT2D eigenvalue weighted by molar-refractivity contribution is 0.471. The Bertz CT molecular complexity index is 586. The fourth-order valence-corrected chi connectivity index (χ4v) is 1.48. The summed E-state index contributed by atoms with van der Waals surface area (Å²) in [4.78, 5) is 7.32. The maximum Gasteiger partial charge on any atom is 0.222 e. The van der Waals surface area contributed by atoms with Crippen molar-refractivity contribution in [1.82, 2.24) is 9.97 Å². The highest BCUT2D eigenvalue weighted by molar-refractivity contribution is 5.66. The normalized spacial score (nSPS) is 10.5. The Kier molecular flexibility index (Phi) is 2.55. The van der Waals surface area contributed by atoms with E-state index < -0.39 is 5.82 Å². The quantitative estimate of drug-likeness (QED) is 0.693. The number of hydrogen-bond donors (Lipinski definition) is 3. The Balaban J connectivity index is 2.64. The maximum atomic E-state index is 13.7. The predicted molar refractivity (Wildman–Crippen MR) is 62.7 cm³/mol. The second-order valence-corrected chi connectivity index (χ2v) is 3.63. The molecule has 1 aromatic heterocycles. The van der Waals surface area contributed by atoms with E-state index in [1.165, 1.54) is 12.1 Å². The summed E-state index contributed by atoms with van der Waals surface area (Å²) >= 11 is 0. The lowest BCUT2D eigenvalue weighted by atomic mass is 10.1. The highest BCUT2D eigenvalue weighted by Gasteiger charge is 2.13. The van der Waals surface area contributed by atoms with Crippen LogP contribution in [-0.2, 0) is 0 Å². The van der Waals surface area contributed by atoms with Crippen LogP contribution in [0.4, 0.5) is 16.2 Å². The number of benzene rings is 1. The molecule has 0 saturated carbocycles. The largest absolute Gasteiger partial charge is 0.508 e. The maximum absolute atomic E-state index is 13.7. The lowest BCUT2D eigenvalue weighted by Gasteiger charge is -2.07. The average Bonchev–Trinajstić information content (AvgIpc) is 2.27. The van der Waals surface area contributed by atoms with E-state index in [0.717, 1.165) is 0 Å². The van der Waals surface area contributed by atoms with Crippen LogP contribution >= 0.6 is 0 Å². The molecule has 0 aliphatic rings. The second-order valence-electron chi connectivity index (χ2n) is 3.63. The van der Waals surface area contributed by atoms with Crippen LogP contribution in [0, 0.1) is 12.7 Å². The number of aromatic nitrogens is 2. The molecule has 0 aliphatic carbocycles. The van der Waals surface area contributed by atoms with Crippen LogP contribution < -0.4 is 11.5 Å². The van der Waals surface area contributed by atoms with Crippen LogP contribution in [0.1, 0.15) is 5.56 Å². The Morgan fingerprint density at radius 3 is 2.59 bits per heavy atom. The van der Waals surface area contributed by atoms with Crippen molar-refractivity contribution in [3.8, 4) is 17.0 Å². The van der Waals surface area contributed by atoms with E-state index in [1.807, 2.05) is 0 Å². The fraction of sp³-hybridized carbons (Fsp3) is 0.0909. The van der Waals surface area contributed by atoms with Gasteiger partial charge in [-0.25, -0.2) is 9.37 Å². The van der Waals surface area contributed by atoms with E-state index in [-0.39, 0.29) is 23.2 Å². The summed E-state index contributed by atoms with van der Waals surface area (Å²) in [6.45, 7) is 1.70. The molecule has 5 nitrogen and oxygen atoms in total. The third-order valence-corrected chi connectivity index (χ3v) is 2.36. The molecule has 0 fully saturated rings. The number of phenols is 1. The molecule has 0 amide bonds. The number of halogens is 1. The van der Waals surface area contributed by atoms with Gasteiger partial charge in [-0.1, -0.05) is 0 Å². The molecule has 6 heteroatoms. The first-order valence-corrected chi connectivity index (χ1v) is 4.87. The second kappa shape index (κ2) is 3.89. The average molecular weight is 234 g/mol. The topological polar surface area (TPSA) is 98.0 Å². The van der Waals surface area contributed by atoms with Gasteiger partial charge in [-0.3, -0.25) is 0 Å². The number of phenolic OH excluding ortho intramolecular Hbond substituents is 1. The Morgan fingerprint density at radius 1 is 1.24 bits per heavy atom. The molecule has 17 heavy (non-hydrogen) atoms. The lowest BCUT2D eigenvalue weighted by Crippen LogP contribution is -2.05. The van der Waals surface area contributed by atoms with Crippen molar-refractivity contribution < 1.29 is 9.50 Å². The molecule has 5 N–H and O–H groups in total. The Morgan fingerprint density at radius 2 is 1.94 bits per heavy atom. The molecular formula is C11H11FN4O. The molecule has 88 valence electrons. The highest BCUT2D eigenvalue weighted by Crippen LogP contribution is 2.27. The van der Waals surface area contributed by atoms with Crippen molar-refractivity contribution in [3.63, 3.8) is 0 Å². The van der Waals surface area contributed by atoms with Crippen LogP contribution in [0.2, 0.25) is 0 Å². The standard InChI is InChI=1S/C11H11FN4O/c1-5-4-6(2-3-7(5)17)9-8(12)10(13)16-11(14)15-9/h2-4,17H,1H3,(H4,13,14,15,16). The zero-order valence-corrected chi connectivity index (χ0v) is 9.11. The van der Waals surface area contributed by atoms with Crippen molar-refractivity contribution in [2.45, 2.75) is 6.92 Å². The van der Waals surface area contributed by atoms with Gasteiger partial charge in [0.15, 0.2) is 11.6 Å². The summed E-state index contributed by atoms with van der Waals surface area (Å²) in [6.07, 6.45) is 0. The third-order valence-electron chi connectivity index (χ3n) is 2.36. The van der Waals surface area contributed by atoms with Crippen LogP contribution in [0.15, 0.2) is 18.2 Å². The van der Waals surface area contributed by atoms with Crippen LogP contribution in [0.5, 0.6) is 5.75 Å². The van der Waals surface area contributed by atoms with Gasteiger partial charge in [0.05, 0.1) is 0 Å². The van der Waals surface area contributed by atoms with Gasteiger partial charge in [0, 0.05) is 5.56 Å². The van der Waals surface area contributed by atoms with Crippen molar-refractivity contribution >= 4 is 11.8 Å². The molecule has 2 rings (SSSR count). The van der Waals surface area contributed by atoms with Crippen LogP contribution in [-0.4, -0.2) is 15.1 Å². The number of anilines is 2. The molecule has 1 heterocycles. The minimum Gasteiger partial charge on any atom is -0.508 e. The van der Waals surface area contributed by atoms with Gasteiger partial charge in [0.1, 0.15) is 11.4 Å². The van der Waals surface area contributed by atoms with Gasteiger partial charge in [0.2, 0.25) is 5.95 Å². The molecule has 2 aromatic rings. The summed E-state index contributed by atoms with van der Waals surface area (Å²) in [7, 11) is 0. The first kappa shape index (κ1) is 11.1. The van der Waals surface area contributed by atoms with Crippen molar-refractivity contribution in [1.29, 1.82) is 0 Å². The summed E-state index contributed by atoms with van der Waals surface area (Å²) in [5, 5.41) is 9.39. The monoisotopic (exact) mass is 234 g/mol. The predicted octanol–water partition coefficient (Wildman–Crippen LogP) is 1.46. The number of nitrogens with zero attached hydrogens (tertiary/aromatic N) is 2. The molecule has 0 atom stereocenters. The Hall–Kier alpha value is -2.37. The van der Waals surface area contributed by atoms with Gasteiger partial charge in [0.25, 0.3) is 0 Å². The van der Waals surface area contributed by atoms with E-state index in [2.05, 4.69) is 9.97 Å². The Labute approximate surface area is 96.9 Å². The smallest absolute Gasteiger partial charge is 0.222 e. The van der Waals surface area contributed by atoms with Gasteiger partial charge in [-0.05, 0) is 30.7 Å². The van der Waals surface area contributed by atoms with E-state index in [1.54, 1.807) is 13.0 Å². The van der Waals surface area contributed by atoms with E-state index in [0.29, 0.717) is 11.1 Å². The summed E-state index contributed by atoms with van der Waals surface area (Å²) in [5.41, 5.74) is 11.9. The number of nitrogens with two attached hydrogens (primary N) is 2. The molecule has 0 saturated heterocycles. The van der Waals surface area contributed by atoms with Crippen molar-refractivity contribution in [2.24, 2.45) is 0 Å².